The molecule has 1 aromatic carbocycles. The molecule has 1 amide bonds. The summed E-state index contributed by atoms with van der Waals surface area (Å²) in [5.41, 5.74) is -0.685. The minimum absolute atomic E-state index is 0.0733. The van der Waals surface area contributed by atoms with Gasteiger partial charge < -0.3 is 19.5 Å². The number of carboxylic acid groups (broad SMARTS) is 1. The van der Waals surface area contributed by atoms with Gasteiger partial charge in [-0.25, -0.2) is 0 Å². The fourth-order valence-corrected chi connectivity index (χ4v) is 2.85. The Hall–Kier alpha value is -1.79. The zero-order valence-corrected chi connectivity index (χ0v) is 13.2. The summed E-state index contributed by atoms with van der Waals surface area (Å²) < 4.78 is 10.2. The van der Waals surface area contributed by atoms with Crippen LogP contribution in [-0.4, -0.2) is 55.8 Å². The van der Waals surface area contributed by atoms with Gasteiger partial charge in [0.25, 0.3) is 5.91 Å². The smallest absolute Gasteiger partial charge is 0.313 e. The highest BCUT2D eigenvalue weighted by Crippen LogP contribution is 2.33. The molecule has 0 aromatic heterocycles. The summed E-state index contributed by atoms with van der Waals surface area (Å²) in [5.74, 6) is -0.850. The van der Waals surface area contributed by atoms with E-state index in [1.807, 2.05) is 0 Å². The Morgan fingerprint density at radius 2 is 2.14 bits per heavy atom. The molecule has 2 rings (SSSR count). The fourth-order valence-electron chi connectivity index (χ4n) is 2.69. The number of likely N-dealkylation sites (tertiary alicyclic amines) is 1. The lowest BCUT2D eigenvalue weighted by atomic mass is 9.88. The van der Waals surface area contributed by atoms with Crippen molar-refractivity contribution in [2.24, 2.45) is 5.41 Å². The molecule has 120 valence electrons. The Kier molecular flexibility index (Phi) is 4.93. The number of ether oxygens (including phenoxy) is 2. The molecule has 1 unspecified atom stereocenters. The van der Waals surface area contributed by atoms with E-state index in [1.165, 1.54) is 19.1 Å². The predicted molar refractivity (Wildman–Crippen MR) is 80.5 cm³/mol. The largest absolute Gasteiger partial charge is 0.496 e. The van der Waals surface area contributed by atoms with Crippen LogP contribution in [0.3, 0.4) is 0 Å². The normalized spacial score (nSPS) is 21.0. The van der Waals surface area contributed by atoms with Crippen LogP contribution in [0.2, 0.25) is 5.02 Å². The first kappa shape index (κ1) is 16.6. The van der Waals surface area contributed by atoms with E-state index < -0.39 is 11.4 Å². The van der Waals surface area contributed by atoms with Crippen LogP contribution in [0.1, 0.15) is 16.8 Å². The molecule has 1 aliphatic rings. The molecule has 1 N–H and O–H groups in total. The summed E-state index contributed by atoms with van der Waals surface area (Å²) >= 11 is 5.89. The van der Waals surface area contributed by atoms with E-state index in [-0.39, 0.29) is 19.1 Å². The number of hydrogen-bond acceptors (Lipinski definition) is 4. The van der Waals surface area contributed by atoms with Crippen molar-refractivity contribution in [3.05, 3.63) is 28.8 Å². The van der Waals surface area contributed by atoms with Crippen molar-refractivity contribution < 1.29 is 24.2 Å². The number of carboxylic acids is 1. The summed E-state index contributed by atoms with van der Waals surface area (Å²) in [5, 5.41) is 9.91. The minimum atomic E-state index is -1.05. The van der Waals surface area contributed by atoms with Crippen molar-refractivity contribution >= 4 is 23.5 Å². The van der Waals surface area contributed by atoms with Crippen LogP contribution < -0.4 is 4.74 Å². The van der Waals surface area contributed by atoms with Gasteiger partial charge in [0.05, 0.1) is 19.3 Å². The third-order valence-electron chi connectivity index (χ3n) is 3.91. The summed E-state index contributed by atoms with van der Waals surface area (Å²) in [6.45, 7) is 0.547. The van der Waals surface area contributed by atoms with Crippen LogP contribution in [0, 0.1) is 5.41 Å². The van der Waals surface area contributed by atoms with E-state index in [0.29, 0.717) is 29.3 Å². The Bertz CT molecular complexity index is 591. The first-order valence-corrected chi connectivity index (χ1v) is 7.16. The number of aliphatic carboxylic acids is 1. The molecule has 1 heterocycles. The summed E-state index contributed by atoms with van der Waals surface area (Å²) in [7, 11) is 2.91. The Balaban J connectivity index is 2.23. The van der Waals surface area contributed by atoms with Gasteiger partial charge in [-0.05, 0) is 24.6 Å². The van der Waals surface area contributed by atoms with Crippen molar-refractivity contribution in [2.45, 2.75) is 6.42 Å². The molecule has 6 nitrogen and oxygen atoms in total. The van der Waals surface area contributed by atoms with Gasteiger partial charge in [-0.2, -0.15) is 0 Å². The predicted octanol–water partition coefficient (Wildman–Crippen LogP) is 1.91. The average Bonchev–Trinajstić information content (AvgIpc) is 2.92. The molecule has 1 saturated heterocycles. The van der Waals surface area contributed by atoms with Crippen molar-refractivity contribution in [2.75, 3.05) is 33.9 Å². The Morgan fingerprint density at radius 1 is 1.41 bits per heavy atom. The number of carbonyl (C=O) groups is 2. The van der Waals surface area contributed by atoms with Gasteiger partial charge >= 0.3 is 5.97 Å². The summed E-state index contributed by atoms with van der Waals surface area (Å²) in [6.07, 6.45) is 0.359. The zero-order valence-electron chi connectivity index (χ0n) is 12.5. The number of methoxy groups -OCH3 is 2. The lowest BCUT2D eigenvalue weighted by Gasteiger charge is -2.24. The Morgan fingerprint density at radius 3 is 2.73 bits per heavy atom. The van der Waals surface area contributed by atoms with Gasteiger partial charge in [0, 0.05) is 25.2 Å². The first-order valence-electron chi connectivity index (χ1n) is 6.78. The molecule has 0 spiro atoms. The van der Waals surface area contributed by atoms with Gasteiger partial charge in [0.2, 0.25) is 0 Å². The van der Waals surface area contributed by atoms with Crippen LogP contribution in [0.5, 0.6) is 5.75 Å². The third kappa shape index (κ3) is 3.03. The molecule has 1 aliphatic heterocycles. The number of carbonyl (C=O) groups excluding carboxylic acids is 1. The van der Waals surface area contributed by atoms with Crippen LogP contribution in [0.25, 0.3) is 0 Å². The van der Waals surface area contributed by atoms with E-state index >= 15 is 0 Å². The standard InChI is InChI=1S/C15H18ClNO5/c1-21-9-15(14(19)20)5-6-17(8-15)13(18)11-4-3-10(16)7-12(11)22-2/h3-4,7H,5-6,8-9H2,1-2H3,(H,19,20). The highest BCUT2D eigenvalue weighted by atomic mass is 35.5. The number of hydrogen-bond donors (Lipinski definition) is 1. The highest BCUT2D eigenvalue weighted by Gasteiger charge is 2.46. The molecule has 0 radical (unpaired) electrons. The third-order valence-corrected chi connectivity index (χ3v) is 4.14. The van der Waals surface area contributed by atoms with Gasteiger partial charge in [0.15, 0.2) is 0 Å². The van der Waals surface area contributed by atoms with E-state index in [0.717, 1.165) is 0 Å². The molecule has 0 bridgehead atoms. The van der Waals surface area contributed by atoms with Crippen LogP contribution in [0.4, 0.5) is 0 Å². The molecule has 1 fully saturated rings. The highest BCUT2D eigenvalue weighted by molar-refractivity contribution is 6.30. The van der Waals surface area contributed by atoms with Crippen molar-refractivity contribution in [1.29, 1.82) is 0 Å². The Labute approximate surface area is 133 Å². The van der Waals surface area contributed by atoms with E-state index in [9.17, 15) is 14.7 Å². The van der Waals surface area contributed by atoms with Crippen molar-refractivity contribution in [3.63, 3.8) is 0 Å². The zero-order chi connectivity index (χ0) is 16.3. The van der Waals surface area contributed by atoms with Gasteiger partial charge in [0.1, 0.15) is 11.2 Å². The second-order valence-electron chi connectivity index (χ2n) is 5.34. The van der Waals surface area contributed by atoms with Crippen molar-refractivity contribution in [3.8, 4) is 5.75 Å². The van der Waals surface area contributed by atoms with E-state index in [4.69, 9.17) is 21.1 Å². The van der Waals surface area contributed by atoms with Gasteiger partial charge in [-0.15, -0.1) is 0 Å². The van der Waals surface area contributed by atoms with Gasteiger partial charge in [-0.1, -0.05) is 11.6 Å². The molecule has 1 atom stereocenters. The molecule has 22 heavy (non-hydrogen) atoms. The van der Waals surface area contributed by atoms with Crippen molar-refractivity contribution in [1.82, 2.24) is 4.90 Å². The number of rotatable bonds is 5. The fraction of sp³-hybridized carbons (Fsp3) is 0.467. The second kappa shape index (κ2) is 6.54. The molecule has 0 aliphatic carbocycles. The first-order chi connectivity index (χ1) is 10.4. The number of nitrogens with zero attached hydrogens (tertiary/aromatic N) is 1. The lowest BCUT2D eigenvalue weighted by molar-refractivity contribution is -0.151. The molecular formula is C15H18ClNO5. The molecular weight excluding hydrogens is 310 g/mol. The molecule has 1 aromatic rings. The maximum atomic E-state index is 12.6. The van der Waals surface area contributed by atoms with Crippen LogP contribution in [0.15, 0.2) is 18.2 Å². The summed E-state index contributed by atoms with van der Waals surface area (Å²) in [6, 6.07) is 4.75. The van der Waals surface area contributed by atoms with E-state index in [2.05, 4.69) is 0 Å². The van der Waals surface area contributed by atoms with Crippen LogP contribution >= 0.6 is 11.6 Å². The summed E-state index contributed by atoms with van der Waals surface area (Å²) in [4.78, 5) is 25.7. The average molecular weight is 328 g/mol. The van der Waals surface area contributed by atoms with Crippen LogP contribution in [-0.2, 0) is 9.53 Å². The monoisotopic (exact) mass is 327 g/mol. The maximum absolute atomic E-state index is 12.6. The number of amides is 1. The minimum Gasteiger partial charge on any atom is -0.496 e. The molecule has 7 heteroatoms. The quantitative estimate of drug-likeness (QED) is 0.894. The maximum Gasteiger partial charge on any atom is 0.313 e. The second-order valence-corrected chi connectivity index (χ2v) is 5.78. The number of halogens is 1. The lowest BCUT2D eigenvalue weighted by Crippen LogP contribution is -2.40. The van der Waals surface area contributed by atoms with Gasteiger partial charge in [-0.3, -0.25) is 9.59 Å². The SMILES string of the molecule is COCC1(C(=O)O)CCN(C(=O)c2ccc(Cl)cc2OC)C1. The number of benzene rings is 1. The molecule has 0 saturated carbocycles. The topological polar surface area (TPSA) is 76.1 Å². The van der Waals surface area contributed by atoms with E-state index in [1.54, 1.807) is 18.2 Å².